The smallest absolute Gasteiger partial charge is 0.126 e. The fraction of sp³-hybridized carbons (Fsp3) is 0.250. The predicted octanol–water partition coefficient (Wildman–Crippen LogP) is 0.980. The molecular weight excluding hydrogens is 174 g/mol. The van der Waals surface area contributed by atoms with Crippen LogP contribution in [0.1, 0.15) is 0 Å². The van der Waals surface area contributed by atoms with Crippen LogP contribution in [0.2, 0.25) is 0 Å². The first-order valence-corrected chi connectivity index (χ1v) is 4.79. The van der Waals surface area contributed by atoms with Crippen molar-refractivity contribution in [1.82, 2.24) is 0 Å². The van der Waals surface area contributed by atoms with Gasteiger partial charge in [-0.1, -0.05) is 0 Å². The monoisotopic (exact) mass is 185 g/mol. The molecule has 0 saturated heterocycles. The van der Waals surface area contributed by atoms with Crippen molar-refractivity contribution in [2.75, 3.05) is 18.8 Å². The average Bonchev–Trinajstić information content (AvgIpc) is 2.06. The third-order valence-electron chi connectivity index (χ3n) is 1.37. The maximum absolute atomic E-state index is 11.3. The Hall–Kier alpha value is -0.870. The molecule has 1 rings (SSSR count). The number of methoxy groups -OCH3 is 1. The van der Waals surface area contributed by atoms with Crippen molar-refractivity contribution in [3.05, 3.63) is 24.3 Å². The summed E-state index contributed by atoms with van der Waals surface area (Å²) in [7, 11) is 0.454. The number of rotatable bonds is 3. The first-order chi connectivity index (χ1) is 5.74. The molecule has 0 amide bonds. The van der Waals surface area contributed by atoms with Crippen LogP contribution < -0.4 is 5.73 Å². The number of ether oxygens (including phenoxy) is 1. The van der Waals surface area contributed by atoms with Crippen LogP contribution >= 0.6 is 0 Å². The lowest BCUT2D eigenvalue weighted by Gasteiger charge is -2.00. The molecule has 2 N–H and O–H groups in total. The van der Waals surface area contributed by atoms with E-state index in [1.54, 1.807) is 24.3 Å². The summed E-state index contributed by atoms with van der Waals surface area (Å²) >= 11 is 0. The zero-order valence-corrected chi connectivity index (χ0v) is 7.64. The van der Waals surface area contributed by atoms with E-state index >= 15 is 0 Å². The molecule has 0 bridgehead atoms. The van der Waals surface area contributed by atoms with Crippen LogP contribution in [0.3, 0.4) is 0 Å². The molecule has 0 saturated carbocycles. The summed E-state index contributed by atoms with van der Waals surface area (Å²) in [5.41, 5.74) is 6.14. The molecule has 12 heavy (non-hydrogen) atoms. The number of nitrogen functional groups attached to an aromatic ring is 1. The van der Waals surface area contributed by atoms with E-state index in [1.165, 1.54) is 7.11 Å². The standard InChI is InChI=1S/C8H11NO2S/c1-11-6-12(10)8-4-2-7(9)3-5-8/h2-5H,6,9H2,1H3. The maximum atomic E-state index is 11.3. The van der Waals surface area contributed by atoms with E-state index in [-0.39, 0.29) is 5.94 Å². The summed E-state index contributed by atoms with van der Waals surface area (Å²) in [6.07, 6.45) is 0. The normalized spacial score (nSPS) is 12.8. The number of benzene rings is 1. The zero-order chi connectivity index (χ0) is 8.97. The Bertz CT molecular complexity index is 271. The number of nitrogens with two attached hydrogens (primary N) is 1. The SMILES string of the molecule is COCS(=O)c1ccc(N)cc1. The fourth-order valence-electron chi connectivity index (χ4n) is 0.795. The second-order valence-corrected chi connectivity index (χ2v) is 3.72. The molecule has 1 aromatic rings. The minimum atomic E-state index is -1.07. The van der Waals surface area contributed by atoms with Gasteiger partial charge >= 0.3 is 0 Å². The molecule has 0 aromatic heterocycles. The zero-order valence-electron chi connectivity index (χ0n) is 6.82. The van der Waals surface area contributed by atoms with E-state index in [9.17, 15) is 4.21 Å². The first-order valence-electron chi connectivity index (χ1n) is 3.47. The summed E-state index contributed by atoms with van der Waals surface area (Å²) in [6.45, 7) is 0. The second-order valence-electron chi connectivity index (χ2n) is 2.32. The van der Waals surface area contributed by atoms with Crippen LogP contribution in [0.25, 0.3) is 0 Å². The lowest BCUT2D eigenvalue weighted by atomic mass is 10.3. The first kappa shape index (κ1) is 9.22. The summed E-state index contributed by atoms with van der Waals surface area (Å²) in [5, 5.41) is 0. The highest BCUT2D eigenvalue weighted by atomic mass is 32.2. The highest BCUT2D eigenvalue weighted by molar-refractivity contribution is 7.84. The van der Waals surface area contributed by atoms with Gasteiger partial charge in [-0.15, -0.1) is 0 Å². The predicted molar refractivity (Wildman–Crippen MR) is 49.1 cm³/mol. The summed E-state index contributed by atoms with van der Waals surface area (Å²) in [6, 6.07) is 6.93. The van der Waals surface area contributed by atoms with E-state index in [2.05, 4.69) is 0 Å². The Balaban J connectivity index is 2.75. The van der Waals surface area contributed by atoms with Gasteiger partial charge in [0.1, 0.15) is 5.94 Å². The highest BCUT2D eigenvalue weighted by Crippen LogP contribution is 2.09. The molecule has 0 radical (unpaired) electrons. The van der Waals surface area contributed by atoms with Gasteiger partial charge in [-0.25, -0.2) is 0 Å². The molecule has 0 aliphatic heterocycles. The molecule has 1 aromatic carbocycles. The summed E-state index contributed by atoms with van der Waals surface area (Å²) in [5.74, 6) is 0.226. The maximum Gasteiger partial charge on any atom is 0.126 e. The Morgan fingerprint density at radius 1 is 1.42 bits per heavy atom. The van der Waals surface area contributed by atoms with Gasteiger partial charge in [-0.3, -0.25) is 4.21 Å². The van der Waals surface area contributed by atoms with Crippen molar-refractivity contribution in [3.8, 4) is 0 Å². The van der Waals surface area contributed by atoms with Crippen LogP contribution in [0.5, 0.6) is 0 Å². The summed E-state index contributed by atoms with van der Waals surface area (Å²) < 4.78 is 16.1. The van der Waals surface area contributed by atoms with Crippen LogP contribution in [0, 0.1) is 0 Å². The van der Waals surface area contributed by atoms with Crippen molar-refractivity contribution in [2.45, 2.75) is 4.90 Å². The Kier molecular flexibility index (Phi) is 3.25. The largest absolute Gasteiger partial charge is 0.399 e. The van der Waals surface area contributed by atoms with Crippen LogP contribution in [0.4, 0.5) is 5.69 Å². The third-order valence-corrected chi connectivity index (χ3v) is 2.62. The van der Waals surface area contributed by atoms with Gasteiger partial charge in [0.25, 0.3) is 0 Å². The van der Waals surface area contributed by atoms with Gasteiger partial charge in [-0.2, -0.15) is 0 Å². The van der Waals surface area contributed by atoms with Gasteiger partial charge in [-0.05, 0) is 24.3 Å². The Morgan fingerprint density at radius 2 is 2.00 bits per heavy atom. The van der Waals surface area contributed by atoms with Crippen molar-refractivity contribution in [2.24, 2.45) is 0 Å². The van der Waals surface area contributed by atoms with Crippen molar-refractivity contribution >= 4 is 16.5 Å². The molecule has 0 aliphatic carbocycles. The molecule has 3 nitrogen and oxygen atoms in total. The molecule has 1 atom stereocenters. The lowest BCUT2D eigenvalue weighted by molar-refractivity contribution is 0.254. The van der Waals surface area contributed by atoms with Gasteiger partial charge in [0.15, 0.2) is 0 Å². The molecule has 0 aliphatic rings. The van der Waals surface area contributed by atoms with E-state index in [1.807, 2.05) is 0 Å². The van der Waals surface area contributed by atoms with E-state index in [4.69, 9.17) is 10.5 Å². The summed E-state index contributed by atoms with van der Waals surface area (Å²) in [4.78, 5) is 0.742. The molecule has 66 valence electrons. The van der Waals surface area contributed by atoms with E-state index < -0.39 is 10.8 Å². The number of hydrogen-bond donors (Lipinski definition) is 1. The van der Waals surface area contributed by atoms with Gasteiger partial charge in [0, 0.05) is 17.7 Å². The van der Waals surface area contributed by atoms with Crippen LogP contribution in [-0.4, -0.2) is 17.3 Å². The van der Waals surface area contributed by atoms with E-state index in [0.717, 1.165) is 4.90 Å². The van der Waals surface area contributed by atoms with Crippen molar-refractivity contribution in [1.29, 1.82) is 0 Å². The van der Waals surface area contributed by atoms with Gasteiger partial charge < -0.3 is 10.5 Å². The van der Waals surface area contributed by atoms with Crippen molar-refractivity contribution in [3.63, 3.8) is 0 Å². The van der Waals surface area contributed by atoms with E-state index in [0.29, 0.717) is 5.69 Å². The van der Waals surface area contributed by atoms with Gasteiger partial charge in [0.2, 0.25) is 0 Å². The van der Waals surface area contributed by atoms with Crippen LogP contribution in [0.15, 0.2) is 29.2 Å². The molecule has 0 fully saturated rings. The average molecular weight is 185 g/mol. The van der Waals surface area contributed by atoms with Crippen LogP contribution in [-0.2, 0) is 15.5 Å². The minimum Gasteiger partial charge on any atom is -0.399 e. The van der Waals surface area contributed by atoms with Crippen molar-refractivity contribution < 1.29 is 8.95 Å². The topological polar surface area (TPSA) is 52.3 Å². The molecular formula is C8H11NO2S. The molecule has 0 spiro atoms. The molecule has 4 heteroatoms. The molecule has 0 heterocycles. The Morgan fingerprint density at radius 3 is 2.50 bits per heavy atom. The fourth-order valence-corrected chi connectivity index (χ4v) is 1.58. The third kappa shape index (κ3) is 2.32. The lowest BCUT2D eigenvalue weighted by Crippen LogP contribution is -1.99. The highest BCUT2D eigenvalue weighted by Gasteiger charge is 2.01. The molecule has 1 unspecified atom stereocenters. The van der Waals surface area contributed by atoms with Gasteiger partial charge in [0.05, 0.1) is 10.8 Å². The number of hydrogen-bond acceptors (Lipinski definition) is 3. The second kappa shape index (κ2) is 4.23. The quantitative estimate of drug-likeness (QED) is 0.714. The number of anilines is 1. The Labute approximate surface area is 74.0 Å². The minimum absolute atomic E-state index is 0.226.